The third-order valence-corrected chi connectivity index (χ3v) is 5.98. The van der Waals surface area contributed by atoms with Gasteiger partial charge in [-0.2, -0.15) is 0 Å². The first-order chi connectivity index (χ1) is 14.3. The highest BCUT2D eigenvalue weighted by Crippen LogP contribution is 2.34. The maximum absolute atomic E-state index is 11.0. The van der Waals surface area contributed by atoms with Crippen LogP contribution in [0, 0.1) is 5.41 Å². The molecule has 2 aromatic carbocycles. The van der Waals surface area contributed by atoms with E-state index in [1.807, 2.05) is 42.5 Å². The molecule has 30 heavy (non-hydrogen) atoms. The number of hydrogen-bond donors (Lipinski definition) is 2. The number of aliphatic hydroxyl groups excluding tert-OH is 1. The van der Waals surface area contributed by atoms with E-state index in [-0.39, 0.29) is 23.4 Å². The van der Waals surface area contributed by atoms with E-state index in [1.54, 1.807) is 0 Å². The van der Waals surface area contributed by atoms with E-state index in [0.717, 1.165) is 42.3 Å². The van der Waals surface area contributed by atoms with Crippen molar-refractivity contribution in [2.75, 3.05) is 0 Å². The summed E-state index contributed by atoms with van der Waals surface area (Å²) in [7, 11) is 0. The molecule has 3 atom stereocenters. The van der Waals surface area contributed by atoms with Crippen molar-refractivity contribution in [1.82, 2.24) is 15.0 Å². The summed E-state index contributed by atoms with van der Waals surface area (Å²) in [4.78, 5) is 1.49. The van der Waals surface area contributed by atoms with E-state index < -0.39 is 6.10 Å². The monoisotopic (exact) mass is 409 g/mol. The second-order valence-electron chi connectivity index (χ2n) is 9.35. The molecule has 4 rings (SSSR count). The van der Waals surface area contributed by atoms with Gasteiger partial charge in [0.05, 0.1) is 18.3 Å². The zero-order valence-corrected chi connectivity index (χ0v) is 18.0. The van der Waals surface area contributed by atoms with E-state index in [0.29, 0.717) is 12.1 Å². The number of fused-ring (bicyclic) bond motifs is 1. The average molecular weight is 410 g/mol. The molecule has 0 aliphatic heterocycles. The van der Waals surface area contributed by atoms with Crippen molar-refractivity contribution in [3.05, 3.63) is 48.0 Å². The van der Waals surface area contributed by atoms with E-state index in [2.05, 4.69) is 31.0 Å². The number of phenols is 1. The van der Waals surface area contributed by atoms with Crippen molar-refractivity contribution >= 4 is 11.0 Å². The van der Waals surface area contributed by atoms with Gasteiger partial charge in [0.15, 0.2) is 0 Å². The van der Waals surface area contributed by atoms with Gasteiger partial charge in [0.2, 0.25) is 0 Å². The Labute approximate surface area is 177 Å². The Morgan fingerprint density at radius 2 is 1.70 bits per heavy atom. The summed E-state index contributed by atoms with van der Waals surface area (Å²) in [5.41, 5.74) is 2.76. The first-order valence-corrected chi connectivity index (χ1v) is 10.8. The molecule has 1 aromatic heterocycles. The molecule has 6 nitrogen and oxygen atoms in total. The van der Waals surface area contributed by atoms with Crippen molar-refractivity contribution in [2.24, 2.45) is 5.41 Å². The minimum Gasteiger partial charge on any atom is -0.505 e. The average Bonchev–Trinajstić information content (AvgIpc) is 3.13. The standard InChI is InChI=1S/C24H31N3O3/c1-24(2,3)22(30-21-14-7-6-13-20(21)28)15-16-9-8-12-19(23(16)29)27-25-17-10-4-5-11-18(17)26-27/h4-5,8-12,20-22,28-29H,6-7,13-15H2,1-3H3. The van der Waals surface area contributed by atoms with Crippen molar-refractivity contribution in [3.8, 4) is 11.4 Å². The smallest absolute Gasteiger partial charge is 0.146 e. The molecule has 0 amide bonds. The van der Waals surface area contributed by atoms with Gasteiger partial charge >= 0.3 is 0 Å². The van der Waals surface area contributed by atoms with E-state index in [1.165, 1.54) is 4.80 Å². The Balaban J connectivity index is 1.61. The van der Waals surface area contributed by atoms with E-state index >= 15 is 0 Å². The summed E-state index contributed by atoms with van der Waals surface area (Å²) in [5.74, 6) is 0.167. The van der Waals surface area contributed by atoms with Gasteiger partial charge in [-0.15, -0.1) is 15.0 Å². The lowest BCUT2D eigenvalue weighted by molar-refractivity contribution is -0.124. The van der Waals surface area contributed by atoms with Crippen molar-refractivity contribution in [2.45, 2.75) is 71.2 Å². The molecule has 1 aliphatic carbocycles. The van der Waals surface area contributed by atoms with Crippen LogP contribution < -0.4 is 0 Å². The van der Waals surface area contributed by atoms with Crippen LogP contribution in [0.2, 0.25) is 0 Å². The van der Waals surface area contributed by atoms with Gasteiger partial charge in [0.1, 0.15) is 22.5 Å². The van der Waals surface area contributed by atoms with Gasteiger partial charge in [-0.1, -0.05) is 57.9 Å². The van der Waals surface area contributed by atoms with Crippen LogP contribution in [0.3, 0.4) is 0 Å². The van der Waals surface area contributed by atoms with Crippen LogP contribution in [0.1, 0.15) is 52.0 Å². The van der Waals surface area contributed by atoms with Crippen LogP contribution in [0.15, 0.2) is 42.5 Å². The molecule has 0 radical (unpaired) electrons. The lowest BCUT2D eigenvalue weighted by Crippen LogP contribution is -2.41. The number of aliphatic hydroxyl groups is 1. The molecule has 3 aromatic rings. The molecule has 3 unspecified atom stereocenters. The molecular formula is C24H31N3O3. The van der Waals surface area contributed by atoms with Gasteiger partial charge in [-0.25, -0.2) is 0 Å². The topological polar surface area (TPSA) is 80.4 Å². The fraction of sp³-hybridized carbons (Fsp3) is 0.500. The quantitative estimate of drug-likeness (QED) is 0.653. The maximum atomic E-state index is 11.0. The zero-order valence-electron chi connectivity index (χ0n) is 18.0. The van der Waals surface area contributed by atoms with Crippen LogP contribution in [0.25, 0.3) is 16.7 Å². The largest absolute Gasteiger partial charge is 0.505 e. The molecule has 1 fully saturated rings. The molecule has 6 heteroatoms. The van der Waals surface area contributed by atoms with Gasteiger partial charge in [0, 0.05) is 6.42 Å². The summed E-state index contributed by atoms with van der Waals surface area (Å²) >= 11 is 0. The number of aromatic hydroxyl groups is 1. The van der Waals surface area contributed by atoms with Crippen LogP contribution in [-0.4, -0.2) is 43.5 Å². The highest BCUT2D eigenvalue weighted by Gasteiger charge is 2.33. The number of phenolic OH excluding ortho intramolecular Hbond substituents is 1. The summed E-state index contributed by atoms with van der Waals surface area (Å²) in [6, 6.07) is 13.3. The lowest BCUT2D eigenvalue weighted by atomic mass is 9.84. The van der Waals surface area contributed by atoms with Crippen LogP contribution >= 0.6 is 0 Å². The molecule has 0 bridgehead atoms. The fourth-order valence-electron chi connectivity index (χ4n) is 4.08. The molecular weight excluding hydrogens is 378 g/mol. The summed E-state index contributed by atoms with van der Waals surface area (Å²) in [6.07, 6.45) is 3.65. The van der Waals surface area contributed by atoms with E-state index in [4.69, 9.17) is 4.74 Å². The number of nitrogens with zero attached hydrogens (tertiary/aromatic N) is 3. The summed E-state index contributed by atoms with van der Waals surface area (Å²) in [6.45, 7) is 6.40. The van der Waals surface area contributed by atoms with Crippen molar-refractivity contribution in [3.63, 3.8) is 0 Å². The van der Waals surface area contributed by atoms with Crippen LogP contribution in [0.5, 0.6) is 5.75 Å². The molecule has 1 saturated carbocycles. The Hall–Kier alpha value is -2.44. The lowest BCUT2D eigenvalue weighted by Gasteiger charge is -2.37. The highest BCUT2D eigenvalue weighted by molar-refractivity contribution is 5.73. The van der Waals surface area contributed by atoms with Gasteiger partial charge in [-0.3, -0.25) is 0 Å². The van der Waals surface area contributed by atoms with E-state index in [9.17, 15) is 10.2 Å². The van der Waals surface area contributed by atoms with Gasteiger partial charge in [0.25, 0.3) is 0 Å². The van der Waals surface area contributed by atoms with Gasteiger partial charge in [-0.05, 0) is 42.0 Å². The zero-order chi connectivity index (χ0) is 21.3. The normalized spacial score (nSPS) is 21.1. The Morgan fingerprint density at radius 3 is 2.33 bits per heavy atom. The number of hydrogen-bond acceptors (Lipinski definition) is 5. The first-order valence-electron chi connectivity index (χ1n) is 10.8. The minimum absolute atomic E-state index is 0.138. The van der Waals surface area contributed by atoms with Crippen LogP contribution in [-0.2, 0) is 11.2 Å². The predicted molar refractivity (Wildman–Crippen MR) is 117 cm³/mol. The molecule has 1 heterocycles. The molecule has 0 spiro atoms. The number of para-hydroxylation sites is 1. The summed E-state index contributed by atoms with van der Waals surface area (Å²) in [5, 5.41) is 30.4. The minimum atomic E-state index is -0.413. The SMILES string of the molecule is CC(C)(C)C(Cc1cccc(-n2nc3ccccc3n2)c1O)OC1CCCCC1O. The molecule has 0 saturated heterocycles. The number of ether oxygens (including phenoxy) is 1. The van der Waals surface area contributed by atoms with Crippen LogP contribution in [0.4, 0.5) is 0 Å². The third kappa shape index (κ3) is 4.35. The summed E-state index contributed by atoms with van der Waals surface area (Å²) < 4.78 is 6.42. The predicted octanol–water partition coefficient (Wildman–Crippen LogP) is 4.40. The molecule has 160 valence electrons. The number of aromatic nitrogens is 3. The Morgan fingerprint density at radius 1 is 1.03 bits per heavy atom. The Kier molecular flexibility index (Phi) is 5.80. The van der Waals surface area contributed by atoms with Crippen molar-refractivity contribution in [1.29, 1.82) is 0 Å². The molecule has 2 N–H and O–H groups in total. The highest BCUT2D eigenvalue weighted by atomic mass is 16.5. The Bertz CT molecular complexity index is 975. The maximum Gasteiger partial charge on any atom is 0.146 e. The third-order valence-electron chi connectivity index (χ3n) is 5.98. The van der Waals surface area contributed by atoms with Gasteiger partial charge < -0.3 is 14.9 Å². The second kappa shape index (κ2) is 8.36. The number of rotatable bonds is 5. The number of benzene rings is 2. The fourth-order valence-corrected chi connectivity index (χ4v) is 4.08. The van der Waals surface area contributed by atoms with Crippen molar-refractivity contribution < 1.29 is 14.9 Å². The first kappa shape index (κ1) is 20.8. The second-order valence-corrected chi connectivity index (χ2v) is 9.35. The molecule has 1 aliphatic rings.